The molecular weight excluding hydrogens is 362 g/mol. The van der Waals surface area contributed by atoms with Crippen LogP contribution < -0.4 is 10.1 Å². The van der Waals surface area contributed by atoms with Crippen molar-refractivity contribution >= 4 is 29.2 Å². The van der Waals surface area contributed by atoms with Crippen molar-refractivity contribution in [1.29, 1.82) is 5.41 Å². The van der Waals surface area contributed by atoms with Crippen molar-refractivity contribution in [3.8, 4) is 5.75 Å². The lowest BCUT2D eigenvalue weighted by molar-refractivity contribution is -0.113. The van der Waals surface area contributed by atoms with Gasteiger partial charge >= 0.3 is 0 Å². The zero-order chi connectivity index (χ0) is 19.1. The molecule has 138 valence electrons. The number of amides is 1. The van der Waals surface area contributed by atoms with Crippen LogP contribution in [0, 0.1) is 5.41 Å². The van der Waals surface area contributed by atoms with Crippen molar-refractivity contribution in [3.63, 3.8) is 0 Å². The van der Waals surface area contributed by atoms with Crippen LogP contribution >= 0.6 is 11.8 Å². The quantitative estimate of drug-likeness (QED) is 0.841. The standard InChI is InChI=1S/C20H19N3O3S/c1-11-15(19(24)22-12-7-4-5-9-14(12)25-2)16-13-8-6-10-23(13)18(21)17(16)20(26-11)27-3/h4-10,16,21H,1-3H3,(H,22,24). The maximum absolute atomic E-state index is 13.2. The van der Waals surface area contributed by atoms with E-state index in [0.717, 1.165) is 11.3 Å². The van der Waals surface area contributed by atoms with Crippen molar-refractivity contribution in [3.05, 3.63) is 70.3 Å². The molecule has 0 radical (unpaired) electrons. The van der Waals surface area contributed by atoms with Crippen LogP contribution in [0.2, 0.25) is 0 Å². The molecule has 27 heavy (non-hydrogen) atoms. The number of aromatic nitrogens is 1. The van der Waals surface area contributed by atoms with Gasteiger partial charge in [0.1, 0.15) is 17.3 Å². The molecular formula is C20H19N3O3S. The molecule has 3 heterocycles. The van der Waals surface area contributed by atoms with Gasteiger partial charge in [-0.25, -0.2) is 0 Å². The zero-order valence-corrected chi connectivity index (χ0v) is 16.0. The summed E-state index contributed by atoms with van der Waals surface area (Å²) in [6.07, 6.45) is 3.75. The second-order valence-corrected chi connectivity index (χ2v) is 7.00. The van der Waals surface area contributed by atoms with Crippen molar-refractivity contribution in [2.45, 2.75) is 12.8 Å². The number of carbonyl (C=O) groups excluding carboxylic acids is 1. The first-order chi connectivity index (χ1) is 13.1. The normalized spacial score (nSPS) is 18.2. The number of hydrogen-bond acceptors (Lipinski definition) is 5. The lowest BCUT2D eigenvalue weighted by Gasteiger charge is -2.26. The maximum Gasteiger partial charge on any atom is 0.256 e. The molecule has 0 aliphatic carbocycles. The van der Waals surface area contributed by atoms with Gasteiger partial charge in [-0.15, -0.1) is 0 Å². The number of nitrogens with zero attached hydrogens (tertiary/aromatic N) is 1. The summed E-state index contributed by atoms with van der Waals surface area (Å²) in [4.78, 5) is 13.2. The molecule has 1 unspecified atom stereocenters. The molecule has 2 aromatic rings. The minimum Gasteiger partial charge on any atom is -0.495 e. The van der Waals surface area contributed by atoms with Crippen LogP contribution in [0.5, 0.6) is 5.75 Å². The van der Waals surface area contributed by atoms with Gasteiger partial charge in [0.2, 0.25) is 0 Å². The molecule has 6 nitrogen and oxygen atoms in total. The number of carbonyl (C=O) groups is 1. The number of rotatable bonds is 4. The van der Waals surface area contributed by atoms with E-state index in [1.807, 2.05) is 36.7 Å². The van der Waals surface area contributed by atoms with E-state index in [-0.39, 0.29) is 11.8 Å². The number of methoxy groups -OCH3 is 1. The highest BCUT2D eigenvalue weighted by Gasteiger charge is 2.43. The predicted molar refractivity (Wildman–Crippen MR) is 106 cm³/mol. The highest BCUT2D eigenvalue weighted by molar-refractivity contribution is 8.02. The second-order valence-electron chi connectivity index (χ2n) is 6.22. The summed E-state index contributed by atoms with van der Waals surface area (Å²) in [5.41, 5.74) is 2.73. The molecule has 1 amide bonds. The molecule has 4 rings (SSSR count). The van der Waals surface area contributed by atoms with Crippen molar-refractivity contribution in [2.24, 2.45) is 0 Å². The fourth-order valence-electron chi connectivity index (χ4n) is 3.59. The van der Waals surface area contributed by atoms with Gasteiger partial charge in [0.25, 0.3) is 5.91 Å². The maximum atomic E-state index is 13.2. The minimum absolute atomic E-state index is 0.262. The van der Waals surface area contributed by atoms with Gasteiger partial charge in [-0.3, -0.25) is 10.2 Å². The van der Waals surface area contributed by atoms with Crippen molar-refractivity contribution in [2.75, 3.05) is 18.7 Å². The van der Waals surface area contributed by atoms with E-state index in [0.29, 0.717) is 33.7 Å². The molecule has 1 atom stereocenters. The van der Waals surface area contributed by atoms with E-state index in [4.69, 9.17) is 14.9 Å². The summed E-state index contributed by atoms with van der Waals surface area (Å²) >= 11 is 1.44. The molecule has 2 aliphatic heterocycles. The first-order valence-electron chi connectivity index (χ1n) is 8.44. The monoisotopic (exact) mass is 381 g/mol. The number of anilines is 1. The second kappa shape index (κ2) is 6.66. The van der Waals surface area contributed by atoms with E-state index in [2.05, 4.69) is 5.32 Å². The Labute approximate surface area is 161 Å². The number of allylic oxidation sites excluding steroid dienone is 2. The van der Waals surface area contributed by atoms with Crippen molar-refractivity contribution in [1.82, 2.24) is 4.57 Å². The Morgan fingerprint density at radius 1 is 1.30 bits per heavy atom. The molecule has 0 spiro atoms. The van der Waals surface area contributed by atoms with Crippen LogP contribution in [0.25, 0.3) is 0 Å². The Balaban J connectivity index is 1.77. The fraction of sp³-hybridized carbons (Fsp3) is 0.200. The van der Waals surface area contributed by atoms with Crippen LogP contribution in [-0.2, 0) is 9.53 Å². The number of benzene rings is 1. The lowest BCUT2D eigenvalue weighted by Crippen LogP contribution is -2.25. The molecule has 1 aromatic carbocycles. The summed E-state index contributed by atoms with van der Waals surface area (Å²) in [6, 6.07) is 11.1. The largest absolute Gasteiger partial charge is 0.495 e. The van der Waals surface area contributed by atoms with Gasteiger partial charge in [-0.1, -0.05) is 23.9 Å². The first-order valence-corrected chi connectivity index (χ1v) is 9.67. The van der Waals surface area contributed by atoms with E-state index in [1.54, 1.807) is 30.7 Å². The molecule has 2 N–H and O–H groups in total. The van der Waals surface area contributed by atoms with Crippen LogP contribution in [0.15, 0.2) is 64.6 Å². The smallest absolute Gasteiger partial charge is 0.256 e. The topological polar surface area (TPSA) is 76.3 Å². The number of hydrogen-bond donors (Lipinski definition) is 2. The number of nitrogens with one attached hydrogen (secondary N) is 2. The van der Waals surface area contributed by atoms with Gasteiger partial charge in [0.15, 0.2) is 5.09 Å². The Morgan fingerprint density at radius 2 is 2.07 bits per heavy atom. The molecule has 7 heteroatoms. The van der Waals surface area contributed by atoms with Crippen LogP contribution in [-0.4, -0.2) is 29.7 Å². The van der Waals surface area contributed by atoms with Crippen molar-refractivity contribution < 1.29 is 14.3 Å². The van der Waals surface area contributed by atoms with Gasteiger partial charge in [0, 0.05) is 11.9 Å². The van der Waals surface area contributed by atoms with Crippen LogP contribution in [0.1, 0.15) is 18.5 Å². The van der Waals surface area contributed by atoms with Crippen LogP contribution in [0.4, 0.5) is 5.69 Å². The molecule has 0 saturated heterocycles. The average molecular weight is 381 g/mol. The van der Waals surface area contributed by atoms with E-state index in [1.165, 1.54) is 11.8 Å². The van der Waals surface area contributed by atoms with Gasteiger partial charge < -0.3 is 19.4 Å². The predicted octanol–water partition coefficient (Wildman–Crippen LogP) is 3.94. The summed E-state index contributed by atoms with van der Waals surface area (Å²) in [5, 5.41) is 12.1. The Hall–Kier alpha value is -2.93. The molecule has 0 saturated carbocycles. The highest BCUT2D eigenvalue weighted by Crippen LogP contribution is 2.47. The Kier molecular flexibility index (Phi) is 4.31. The summed E-state index contributed by atoms with van der Waals surface area (Å²) in [5.74, 6) is 0.895. The third kappa shape index (κ3) is 2.66. The summed E-state index contributed by atoms with van der Waals surface area (Å²) in [7, 11) is 1.57. The number of para-hydroxylation sites is 2. The number of ether oxygens (including phenoxy) is 2. The molecule has 2 aliphatic rings. The summed E-state index contributed by atoms with van der Waals surface area (Å²) in [6.45, 7) is 1.79. The Bertz CT molecular complexity index is 1020. The van der Waals surface area contributed by atoms with E-state index >= 15 is 0 Å². The van der Waals surface area contributed by atoms with Gasteiger partial charge in [-0.05, 0) is 37.4 Å². The van der Waals surface area contributed by atoms with Gasteiger partial charge in [-0.2, -0.15) is 0 Å². The zero-order valence-electron chi connectivity index (χ0n) is 15.2. The van der Waals surface area contributed by atoms with E-state index < -0.39 is 0 Å². The fourth-order valence-corrected chi connectivity index (χ4v) is 4.23. The number of thioether (sulfide) groups is 1. The number of fused-ring (bicyclic) bond motifs is 3. The van der Waals surface area contributed by atoms with Crippen LogP contribution in [0.3, 0.4) is 0 Å². The Morgan fingerprint density at radius 3 is 2.81 bits per heavy atom. The van der Waals surface area contributed by atoms with E-state index in [9.17, 15) is 4.79 Å². The molecule has 0 bridgehead atoms. The average Bonchev–Trinajstić information content (AvgIpc) is 3.25. The summed E-state index contributed by atoms with van der Waals surface area (Å²) < 4.78 is 13.1. The lowest BCUT2D eigenvalue weighted by atomic mass is 9.87. The highest BCUT2D eigenvalue weighted by atomic mass is 32.2. The minimum atomic E-state index is -0.321. The molecule has 0 fully saturated rings. The third-order valence-electron chi connectivity index (χ3n) is 4.78. The SMILES string of the molecule is COc1ccccc1NC(=O)C1=C(C)OC(SC)=C2C(=N)n3cccc3C12. The third-order valence-corrected chi connectivity index (χ3v) is 5.45. The van der Waals surface area contributed by atoms with Gasteiger partial charge in [0.05, 0.1) is 29.9 Å². The first kappa shape index (κ1) is 17.5. The molecule has 1 aromatic heterocycles.